The molecule has 0 radical (unpaired) electrons. The standard InChI is InChI=1S/C14H12Cl2N2O3/c1-2-9-3-4-13(12(5-9)18(19)20)21-8-10-7-17-14(16)6-11(10)15/h3-7H,2,8H2,1H3. The summed E-state index contributed by atoms with van der Waals surface area (Å²) in [4.78, 5) is 14.5. The Balaban J connectivity index is 2.21. The van der Waals surface area contributed by atoms with Crippen molar-refractivity contribution in [2.45, 2.75) is 20.0 Å². The molecule has 21 heavy (non-hydrogen) atoms. The van der Waals surface area contributed by atoms with Crippen LogP contribution in [0.25, 0.3) is 0 Å². The van der Waals surface area contributed by atoms with Crippen LogP contribution in [-0.2, 0) is 13.0 Å². The molecular weight excluding hydrogens is 315 g/mol. The first kappa shape index (κ1) is 15.5. The van der Waals surface area contributed by atoms with E-state index in [9.17, 15) is 10.1 Å². The van der Waals surface area contributed by atoms with E-state index < -0.39 is 4.92 Å². The number of hydrogen-bond acceptors (Lipinski definition) is 4. The summed E-state index contributed by atoms with van der Waals surface area (Å²) in [6.45, 7) is 2.01. The average molecular weight is 327 g/mol. The maximum atomic E-state index is 11.1. The molecular formula is C14H12Cl2N2O3. The molecule has 1 heterocycles. The lowest BCUT2D eigenvalue weighted by Crippen LogP contribution is -2.01. The van der Waals surface area contributed by atoms with Gasteiger partial charge in [-0.25, -0.2) is 4.98 Å². The monoisotopic (exact) mass is 326 g/mol. The summed E-state index contributed by atoms with van der Waals surface area (Å²) in [6, 6.07) is 6.39. The summed E-state index contributed by atoms with van der Waals surface area (Å²) in [6.07, 6.45) is 2.20. The van der Waals surface area contributed by atoms with Crippen LogP contribution in [0.4, 0.5) is 5.69 Å². The van der Waals surface area contributed by atoms with Crippen molar-refractivity contribution in [2.75, 3.05) is 0 Å². The Hall–Kier alpha value is -1.85. The fourth-order valence-electron chi connectivity index (χ4n) is 1.75. The Morgan fingerprint density at radius 2 is 2.10 bits per heavy atom. The molecule has 2 aromatic rings. The van der Waals surface area contributed by atoms with E-state index in [2.05, 4.69) is 4.98 Å². The number of ether oxygens (including phenoxy) is 1. The number of nitro groups is 1. The smallest absolute Gasteiger partial charge is 0.311 e. The van der Waals surface area contributed by atoms with Crippen molar-refractivity contribution in [3.05, 3.63) is 61.9 Å². The molecule has 1 aromatic heterocycles. The fraction of sp³-hybridized carbons (Fsp3) is 0.214. The summed E-state index contributed by atoms with van der Waals surface area (Å²) < 4.78 is 5.50. The number of nitrogens with zero attached hydrogens (tertiary/aromatic N) is 2. The van der Waals surface area contributed by atoms with Crippen molar-refractivity contribution in [3.63, 3.8) is 0 Å². The van der Waals surface area contributed by atoms with Gasteiger partial charge in [-0.05, 0) is 24.1 Å². The van der Waals surface area contributed by atoms with Gasteiger partial charge in [0.15, 0.2) is 5.75 Å². The second-order valence-corrected chi connectivity index (χ2v) is 5.09. The molecule has 1 aromatic carbocycles. The first-order valence-corrected chi connectivity index (χ1v) is 6.97. The van der Waals surface area contributed by atoms with Crippen LogP contribution in [0.3, 0.4) is 0 Å². The molecule has 0 saturated carbocycles. The molecule has 0 N–H and O–H groups in total. The van der Waals surface area contributed by atoms with E-state index in [4.69, 9.17) is 27.9 Å². The average Bonchev–Trinajstić information content (AvgIpc) is 2.46. The van der Waals surface area contributed by atoms with Gasteiger partial charge >= 0.3 is 5.69 Å². The highest BCUT2D eigenvalue weighted by Crippen LogP contribution is 2.29. The maximum absolute atomic E-state index is 11.1. The molecule has 0 atom stereocenters. The Labute approximate surface area is 131 Å². The third-order valence-electron chi connectivity index (χ3n) is 2.91. The van der Waals surface area contributed by atoms with E-state index in [1.165, 1.54) is 18.3 Å². The minimum Gasteiger partial charge on any atom is -0.482 e. The molecule has 0 unspecified atom stereocenters. The van der Waals surface area contributed by atoms with Gasteiger partial charge in [-0.15, -0.1) is 0 Å². The van der Waals surface area contributed by atoms with E-state index in [0.29, 0.717) is 17.0 Å². The van der Waals surface area contributed by atoms with Crippen LogP contribution in [0.2, 0.25) is 10.2 Å². The molecule has 7 heteroatoms. The zero-order chi connectivity index (χ0) is 15.4. The topological polar surface area (TPSA) is 65.3 Å². The number of nitro benzene ring substituents is 1. The Morgan fingerprint density at radius 3 is 2.71 bits per heavy atom. The van der Waals surface area contributed by atoms with Crippen LogP contribution in [0, 0.1) is 10.1 Å². The number of aryl methyl sites for hydroxylation is 1. The van der Waals surface area contributed by atoms with E-state index in [-0.39, 0.29) is 23.2 Å². The van der Waals surface area contributed by atoms with Crippen LogP contribution in [0.1, 0.15) is 18.1 Å². The SMILES string of the molecule is CCc1ccc(OCc2cnc(Cl)cc2Cl)c([N+](=O)[O-])c1. The van der Waals surface area contributed by atoms with E-state index in [1.54, 1.807) is 12.1 Å². The van der Waals surface area contributed by atoms with Gasteiger partial charge < -0.3 is 4.74 Å². The van der Waals surface area contributed by atoms with Gasteiger partial charge in [-0.1, -0.05) is 36.2 Å². The largest absolute Gasteiger partial charge is 0.482 e. The summed E-state index contributed by atoms with van der Waals surface area (Å²) in [5.74, 6) is 0.197. The molecule has 110 valence electrons. The van der Waals surface area contributed by atoms with Crippen molar-refractivity contribution in [3.8, 4) is 5.75 Å². The molecule has 0 saturated heterocycles. The predicted octanol–water partition coefficient (Wildman–Crippen LogP) is 4.44. The molecule has 2 rings (SSSR count). The maximum Gasteiger partial charge on any atom is 0.311 e. The third kappa shape index (κ3) is 3.83. The Bertz CT molecular complexity index is 677. The van der Waals surface area contributed by atoms with Gasteiger partial charge in [-0.2, -0.15) is 0 Å². The quantitative estimate of drug-likeness (QED) is 0.463. The number of halogens is 2. The first-order chi connectivity index (χ1) is 10.0. The molecule has 0 amide bonds. The Morgan fingerprint density at radius 1 is 1.33 bits per heavy atom. The van der Waals surface area contributed by atoms with Crippen molar-refractivity contribution in [2.24, 2.45) is 0 Å². The van der Waals surface area contributed by atoms with Gasteiger partial charge in [0.25, 0.3) is 0 Å². The summed E-state index contributed by atoms with van der Waals surface area (Å²) in [7, 11) is 0. The molecule has 0 aliphatic carbocycles. The second kappa shape index (κ2) is 6.74. The third-order valence-corrected chi connectivity index (χ3v) is 3.47. The Kier molecular flexibility index (Phi) is 4.98. The van der Waals surface area contributed by atoms with Gasteiger partial charge in [-0.3, -0.25) is 10.1 Å². The fourth-order valence-corrected chi connectivity index (χ4v) is 2.17. The highest BCUT2D eigenvalue weighted by molar-refractivity contribution is 6.34. The lowest BCUT2D eigenvalue weighted by atomic mass is 10.1. The van der Waals surface area contributed by atoms with Gasteiger partial charge in [0.2, 0.25) is 0 Å². The first-order valence-electron chi connectivity index (χ1n) is 6.21. The van der Waals surface area contributed by atoms with Crippen molar-refractivity contribution in [1.82, 2.24) is 4.98 Å². The lowest BCUT2D eigenvalue weighted by molar-refractivity contribution is -0.386. The summed E-state index contributed by atoms with van der Waals surface area (Å²) in [5, 5.41) is 11.8. The van der Waals surface area contributed by atoms with Crippen LogP contribution >= 0.6 is 23.2 Å². The summed E-state index contributed by atoms with van der Waals surface area (Å²) in [5.41, 5.74) is 1.42. The van der Waals surface area contributed by atoms with Crippen molar-refractivity contribution >= 4 is 28.9 Å². The van der Waals surface area contributed by atoms with Gasteiger partial charge in [0, 0.05) is 17.8 Å². The molecule has 0 fully saturated rings. The van der Waals surface area contributed by atoms with Crippen molar-refractivity contribution < 1.29 is 9.66 Å². The molecule has 0 aliphatic heterocycles. The molecule has 0 bridgehead atoms. The predicted molar refractivity (Wildman–Crippen MR) is 81.1 cm³/mol. The van der Waals surface area contributed by atoms with Gasteiger partial charge in [0.1, 0.15) is 11.8 Å². The van der Waals surface area contributed by atoms with E-state index in [1.807, 2.05) is 6.92 Å². The molecule has 5 nitrogen and oxygen atoms in total. The van der Waals surface area contributed by atoms with Crippen molar-refractivity contribution in [1.29, 1.82) is 0 Å². The zero-order valence-corrected chi connectivity index (χ0v) is 12.7. The number of rotatable bonds is 5. The van der Waals surface area contributed by atoms with Gasteiger partial charge in [0.05, 0.1) is 9.95 Å². The van der Waals surface area contributed by atoms with Crippen LogP contribution in [-0.4, -0.2) is 9.91 Å². The highest BCUT2D eigenvalue weighted by atomic mass is 35.5. The number of pyridine rings is 1. The summed E-state index contributed by atoms with van der Waals surface area (Å²) >= 11 is 11.7. The lowest BCUT2D eigenvalue weighted by Gasteiger charge is -2.09. The highest BCUT2D eigenvalue weighted by Gasteiger charge is 2.16. The van der Waals surface area contributed by atoms with E-state index in [0.717, 1.165) is 5.56 Å². The van der Waals surface area contributed by atoms with Crippen LogP contribution < -0.4 is 4.74 Å². The minimum atomic E-state index is -0.462. The minimum absolute atomic E-state index is 0.0626. The zero-order valence-electron chi connectivity index (χ0n) is 11.2. The van der Waals surface area contributed by atoms with Crippen LogP contribution in [0.5, 0.6) is 5.75 Å². The second-order valence-electron chi connectivity index (χ2n) is 4.30. The molecule has 0 aliphatic rings. The number of aromatic nitrogens is 1. The van der Waals surface area contributed by atoms with E-state index >= 15 is 0 Å². The normalized spacial score (nSPS) is 10.4. The van der Waals surface area contributed by atoms with Crippen LogP contribution in [0.15, 0.2) is 30.5 Å². The number of hydrogen-bond donors (Lipinski definition) is 0. The number of benzene rings is 1. The molecule has 0 spiro atoms.